The van der Waals surface area contributed by atoms with Crippen molar-refractivity contribution in [1.82, 2.24) is 9.66 Å². The van der Waals surface area contributed by atoms with Crippen LogP contribution in [0.15, 0.2) is 87.1 Å². The number of benzene rings is 3. The average molecular weight is 498 g/mol. The molecular weight excluding hydrogens is 480 g/mol. The topological polar surface area (TPSA) is 150 Å². The Morgan fingerprint density at radius 3 is 2.68 bits per heavy atom. The van der Waals surface area contributed by atoms with Gasteiger partial charge in [-0.25, -0.2) is 9.78 Å². The maximum atomic E-state index is 13.4. The summed E-state index contributed by atoms with van der Waals surface area (Å²) < 4.78 is 12.2. The fraction of sp³-hybridized carbons (Fsp3) is 0.0769. The minimum absolute atomic E-state index is 0.154. The van der Waals surface area contributed by atoms with E-state index >= 15 is 0 Å². The number of carbonyl (C=O) groups is 1. The Kier molecular flexibility index (Phi) is 5.94. The van der Waals surface area contributed by atoms with Gasteiger partial charge in [-0.15, -0.1) is 0 Å². The minimum atomic E-state index is -1.29. The van der Waals surface area contributed by atoms with E-state index in [4.69, 9.17) is 14.3 Å². The van der Waals surface area contributed by atoms with Crippen LogP contribution in [0.5, 0.6) is 5.75 Å². The number of ether oxygens (including phenoxy) is 1. The second kappa shape index (κ2) is 9.38. The van der Waals surface area contributed by atoms with Gasteiger partial charge >= 0.3 is 11.7 Å². The number of hydrogen-bond donors (Lipinski definition) is 1. The van der Waals surface area contributed by atoms with Crippen molar-refractivity contribution in [3.8, 4) is 17.3 Å². The zero-order valence-electron chi connectivity index (χ0n) is 19.3. The molecule has 184 valence electrons. The number of aromatic nitrogens is 2. The van der Waals surface area contributed by atoms with Gasteiger partial charge in [-0.3, -0.25) is 14.9 Å². The highest BCUT2D eigenvalue weighted by molar-refractivity contribution is 5.85. The van der Waals surface area contributed by atoms with Crippen LogP contribution >= 0.6 is 0 Å². The summed E-state index contributed by atoms with van der Waals surface area (Å²) in [7, 11) is 0. The molecule has 0 aliphatic rings. The van der Waals surface area contributed by atoms with E-state index < -0.39 is 28.2 Å². The van der Waals surface area contributed by atoms with Gasteiger partial charge < -0.3 is 14.3 Å². The summed E-state index contributed by atoms with van der Waals surface area (Å²) in [6.45, 7) is 1.26. The van der Waals surface area contributed by atoms with Crippen LogP contribution in [0.2, 0.25) is 0 Å². The van der Waals surface area contributed by atoms with E-state index in [-0.39, 0.29) is 17.1 Å². The molecule has 1 N–H and O–H groups in total. The number of nitrogens with zero attached hydrogens (tertiary/aromatic N) is 4. The summed E-state index contributed by atoms with van der Waals surface area (Å²) in [4.78, 5) is 39.9. The van der Waals surface area contributed by atoms with E-state index in [9.17, 15) is 19.7 Å². The number of aliphatic carboxylic acids is 1. The highest BCUT2D eigenvalue weighted by Crippen LogP contribution is 2.29. The molecule has 0 unspecified atom stereocenters. The van der Waals surface area contributed by atoms with Crippen molar-refractivity contribution in [1.29, 1.82) is 0 Å². The fourth-order valence-corrected chi connectivity index (χ4v) is 3.70. The molecule has 0 amide bonds. The molecule has 11 nitrogen and oxygen atoms in total. The van der Waals surface area contributed by atoms with Gasteiger partial charge in [-0.05, 0) is 43.3 Å². The minimum Gasteiger partial charge on any atom is -0.479 e. The van der Waals surface area contributed by atoms with Crippen LogP contribution in [0, 0.1) is 10.1 Å². The van der Waals surface area contributed by atoms with Crippen LogP contribution in [0.25, 0.3) is 33.5 Å². The van der Waals surface area contributed by atoms with Gasteiger partial charge in [-0.1, -0.05) is 30.3 Å². The van der Waals surface area contributed by atoms with Crippen LogP contribution < -0.4 is 10.3 Å². The number of nitro groups is 1. The van der Waals surface area contributed by atoms with Crippen molar-refractivity contribution in [3.05, 3.63) is 98.8 Å². The van der Waals surface area contributed by atoms with Gasteiger partial charge in [0.2, 0.25) is 5.82 Å². The normalized spacial score (nSPS) is 12.2. The predicted octanol–water partition coefficient (Wildman–Crippen LogP) is 4.45. The van der Waals surface area contributed by atoms with Crippen molar-refractivity contribution in [2.75, 3.05) is 0 Å². The molecule has 0 saturated heterocycles. The molecule has 37 heavy (non-hydrogen) atoms. The first-order valence-electron chi connectivity index (χ1n) is 11.0. The van der Waals surface area contributed by atoms with Crippen molar-refractivity contribution in [2.45, 2.75) is 13.0 Å². The molecule has 0 bridgehead atoms. The van der Waals surface area contributed by atoms with Gasteiger partial charge in [0.1, 0.15) is 5.58 Å². The van der Waals surface area contributed by atoms with Crippen LogP contribution in [0.1, 0.15) is 12.5 Å². The van der Waals surface area contributed by atoms with Crippen LogP contribution in [-0.2, 0) is 4.79 Å². The Morgan fingerprint density at radius 1 is 1.16 bits per heavy atom. The summed E-state index contributed by atoms with van der Waals surface area (Å²) in [6, 6.07) is 19.8. The number of carboxylic acid groups (broad SMARTS) is 1. The number of para-hydroxylation sites is 2. The van der Waals surface area contributed by atoms with Gasteiger partial charge in [-0.2, -0.15) is 9.78 Å². The molecule has 5 aromatic rings. The van der Waals surface area contributed by atoms with E-state index in [1.165, 1.54) is 31.3 Å². The number of rotatable bonds is 7. The first kappa shape index (κ1) is 23.4. The van der Waals surface area contributed by atoms with Crippen LogP contribution in [0.4, 0.5) is 5.69 Å². The summed E-state index contributed by atoms with van der Waals surface area (Å²) in [6.07, 6.45) is -0.0200. The second-order valence-electron chi connectivity index (χ2n) is 8.05. The molecule has 1 atom stereocenters. The lowest BCUT2D eigenvalue weighted by Gasteiger charge is -2.10. The number of fused-ring (bicyclic) bond motifs is 2. The highest BCUT2D eigenvalue weighted by Gasteiger charge is 2.21. The highest BCUT2D eigenvalue weighted by atomic mass is 16.6. The van der Waals surface area contributed by atoms with E-state index in [0.717, 1.165) is 10.1 Å². The maximum Gasteiger partial charge on any atom is 0.344 e. The van der Waals surface area contributed by atoms with Gasteiger partial charge in [0.15, 0.2) is 17.6 Å². The monoisotopic (exact) mass is 498 g/mol. The van der Waals surface area contributed by atoms with E-state index in [1.807, 2.05) is 18.2 Å². The van der Waals surface area contributed by atoms with Crippen molar-refractivity contribution in [2.24, 2.45) is 5.10 Å². The number of furan rings is 1. The van der Waals surface area contributed by atoms with Crippen LogP contribution in [0.3, 0.4) is 0 Å². The Labute approximate surface area is 208 Å². The third-order valence-electron chi connectivity index (χ3n) is 5.55. The lowest BCUT2D eigenvalue weighted by atomic mass is 10.2. The first-order chi connectivity index (χ1) is 17.8. The largest absolute Gasteiger partial charge is 0.479 e. The molecule has 0 spiro atoms. The number of carboxylic acids is 1. The molecule has 2 aromatic heterocycles. The molecule has 0 fully saturated rings. The van der Waals surface area contributed by atoms with Gasteiger partial charge in [0, 0.05) is 17.0 Å². The summed E-state index contributed by atoms with van der Waals surface area (Å²) in [5, 5.41) is 26.1. The lowest BCUT2D eigenvalue weighted by molar-refractivity contribution is -0.386. The van der Waals surface area contributed by atoms with Gasteiger partial charge in [0.25, 0.3) is 5.56 Å². The zero-order valence-corrected chi connectivity index (χ0v) is 19.3. The smallest absolute Gasteiger partial charge is 0.344 e. The Hall–Kier alpha value is -5.32. The SMILES string of the molecule is C[C@H](Oc1ccc(C=Nn2c(-c3cc4ccccc4o3)nc3ccccc3c2=O)cc1[N+](=O)[O-])C(=O)O. The van der Waals surface area contributed by atoms with Crippen molar-refractivity contribution in [3.63, 3.8) is 0 Å². The molecular formula is C26H18N4O7. The Balaban J connectivity index is 1.62. The summed E-state index contributed by atoms with van der Waals surface area (Å²) >= 11 is 0. The average Bonchev–Trinajstić information content (AvgIpc) is 3.32. The van der Waals surface area contributed by atoms with E-state index in [2.05, 4.69) is 10.1 Å². The first-order valence-corrected chi connectivity index (χ1v) is 11.0. The summed E-state index contributed by atoms with van der Waals surface area (Å²) in [5.41, 5.74) is 0.439. The molecule has 11 heteroatoms. The summed E-state index contributed by atoms with van der Waals surface area (Å²) in [5.74, 6) is -0.995. The number of nitro benzene ring substituents is 1. The number of hydrogen-bond acceptors (Lipinski definition) is 8. The lowest BCUT2D eigenvalue weighted by Crippen LogP contribution is -2.23. The maximum absolute atomic E-state index is 13.4. The van der Waals surface area contributed by atoms with E-state index in [1.54, 1.807) is 36.4 Å². The zero-order chi connectivity index (χ0) is 26.1. The molecule has 5 rings (SSSR count). The third-order valence-corrected chi connectivity index (χ3v) is 5.55. The van der Waals surface area contributed by atoms with Crippen LogP contribution in [-0.4, -0.2) is 38.0 Å². The second-order valence-corrected chi connectivity index (χ2v) is 8.05. The van der Waals surface area contributed by atoms with E-state index in [0.29, 0.717) is 22.2 Å². The fourth-order valence-electron chi connectivity index (χ4n) is 3.70. The molecule has 0 aliphatic heterocycles. The Morgan fingerprint density at radius 2 is 1.92 bits per heavy atom. The van der Waals surface area contributed by atoms with Crippen molar-refractivity contribution < 1.29 is 24.0 Å². The van der Waals surface area contributed by atoms with Crippen molar-refractivity contribution >= 4 is 39.7 Å². The molecule has 0 saturated carbocycles. The standard InChI is InChI=1S/C26H18N4O7/c1-15(26(32)33)36-22-11-10-16(12-20(22)30(34)35)14-27-29-24(23-13-17-6-2-5-9-21(17)37-23)28-19-8-4-3-7-18(19)25(29)31/h2-15H,1H3,(H,32,33)/t15-/m0/s1. The predicted molar refractivity (Wildman–Crippen MR) is 135 cm³/mol. The Bertz CT molecular complexity index is 1740. The third kappa shape index (κ3) is 4.52. The molecule has 0 aliphatic carbocycles. The molecule has 0 radical (unpaired) electrons. The molecule has 3 aromatic carbocycles. The molecule has 2 heterocycles. The van der Waals surface area contributed by atoms with Gasteiger partial charge in [0.05, 0.1) is 22.0 Å². The quantitative estimate of drug-likeness (QED) is 0.196.